The topological polar surface area (TPSA) is 32.3 Å². The van der Waals surface area contributed by atoms with Crippen LogP contribution in [-0.2, 0) is 4.79 Å². The molecule has 1 amide bonds. The summed E-state index contributed by atoms with van der Waals surface area (Å²) in [4.78, 5) is 14.4. The lowest BCUT2D eigenvalue weighted by Gasteiger charge is -2.38. The first-order valence-corrected chi connectivity index (χ1v) is 7.89. The lowest BCUT2D eigenvalue weighted by Crippen LogP contribution is -2.42. The van der Waals surface area contributed by atoms with Crippen LogP contribution in [0.1, 0.15) is 50.8 Å². The van der Waals surface area contributed by atoms with E-state index in [1.54, 1.807) is 0 Å². The molecule has 3 rings (SSSR count). The van der Waals surface area contributed by atoms with Crippen LogP contribution in [0.5, 0.6) is 0 Å². The van der Waals surface area contributed by atoms with Gasteiger partial charge in [0.05, 0.1) is 6.54 Å². The van der Waals surface area contributed by atoms with Crippen LogP contribution in [-0.4, -0.2) is 23.4 Å². The Labute approximate surface area is 121 Å². The van der Waals surface area contributed by atoms with Crippen LogP contribution in [0.15, 0.2) is 30.3 Å². The van der Waals surface area contributed by atoms with Crippen molar-refractivity contribution in [3.8, 4) is 0 Å². The highest BCUT2D eigenvalue weighted by Crippen LogP contribution is 2.35. The first kappa shape index (κ1) is 13.6. The Morgan fingerprint density at radius 1 is 1.25 bits per heavy atom. The summed E-state index contributed by atoms with van der Waals surface area (Å²) in [6.07, 6.45) is 6.24. The van der Waals surface area contributed by atoms with Crippen LogP contribution in [0.2, 0.25) is 0 Å². The average Bonchev–Trinajstić information content (AvgIpc) is 2.90. The van der Waals surface area contributed by atoms with Crippen LogP contribution in [0, 0.1) is 5.92 Å². The molecule has 20 heavy (non-hydrogen) atoms. The predicted octanol–water partition coefficient (Wildman–Crippen LogP) is 3.09. The molecule has 2 aliphatic rings. The molecule has 3 unspecified atom stereocenters. The maximum absolute atomic E-state index is 12.3. The Balaban J connectivity index is 1.80. The van der Waals surface area contributed by atoms with Crippen molar-refractivity contribution in [1.29, 1.82) is 0 Å². The zero-order valence-corrected chi connectivity index (χ0v) is 12.2. The van der Waals surface area contributed by atoms with Crippen molar-refractivity contribution in [1.82, 2.24) is 10.2 Å². The Bertz CT molecular complexity index is 459. The second kappa shape index (κ2) is 5.96. The van der Waals surface area contributed by atoms with Crippen LogP contribution in [0.4, 0.5) is 0 Å². The van der Waals surface area contributed by atoms with Gasteiger partial charge in [0, 0.05) is 6.04 Å². The van der Waals surface area contributed by atoms with Gasteiger partial charge in [-0.1, -0.05) is 56.5 Å². The van der Waals surface area contributed by atoms with E-state index >= 15 is 0 Å². The van der Waals surface area contributed by atoms with E-state index in [4.69, 9.17) is 0 Å². The van der Waals surface area contributed by atoms with Gasteiger partial charge in [0.2, 0.25) is 5.91 Å². The standard InChI is InChI=1S/C17H24N2O/c1-2-13-7-6-10-15(11-13)19-16(20)12-18-17(19)14-8-4-3-5-9-14/h3-5,8-9,13,15,17-18H,2,6-7,10-12H2,1H3. The van der Waals surface area contributed by atoms with Gasteiger partial charge in [0.1, 0.15) is 6.17 Å². The summed E-state index contributed by atoms with van der Waals surface area (Å²) < 4.78 is 0. The lowest BCUT2D eigenvalue weighted by molar-refractivity contribution is -0.131. The number of carbonyl (C=O) groups is 1. The monoisotopic (exact) mass is 272 g/mol. The molecule has 1 saturated heterocycles. The Hall–Kier alpha value is -1.35. The fourth-order valence-corrected chi connectivity index (χ4v) is 3.73. The highest BCUT2D eigenvalue weighted by molar-refractivity contribution is 5.81. The maximum atomic E-state index is 12.3. The van der Waals surface area contributed by atoms with Gasteiger partial charge in [-0.05, 0) is 24.3 Å². The lowest BCUT2D eigenvalue weighted by atomic mass is 9.83. The minimum atomic E-state index is 0.0734. The molecule has 1 aromatic rings. The molecule has 1 aliphatic carbocycles. The number of nitrogens with zero attached hydrogens (tertiary/aromatic N) is 1. The summed E-state index contributed by atoms with van der Waals surface area (Å²) >= 11 is 0. The first-order chi connectivity index (χ1) is 9.79. The van der Waals surface area contributed by atoms with Gasteiger partial charge >= 0.3 is 0 Å². The number of amides is 1. The van der Waals surface area contributed by atoms with E-state index in [9.17, 15) is 4.79 Å². The smallest absolute Gasteiger partial charge is 0.238 e. The Morgan fingerprint density at radius 3 is 2.80 bits per heavy atom. The van der Waals surface area contributed by atoms with Crippen LogP contribution >= 0.6 is 0 Å². The Morgan fingerprint density at radius 2 is 2.05 bits per heavy atom. The van der Waals surface area contributed by atoms with E-state index in [0.717, 1.165) is 12.3 Å². The number of carbonyl (C=O) groups excluding carboxylic acids is 1. The number of benzene rings is 1. The van der Waals surface area contributed by atoms with E-state index < -0.39 is 0 Å². The molecule has 1 aliphatic heterocycles. The van der Waals surface area contributed by atoms with Crippen molar-refractivity contribution in [2.75, 3.05) is 6.54 Å². The van der Waals surface area contributed by atoms with Crippen molar-refractivity contribution in [2.45, 2.75) is 51.2 Å². The van der Waals surface area contributed by atoms with E-state index in [1.165, 1.54) is 31.2 Å². The highest BCUT2D eigenvalue weighted by atomic mass is 16.2. The summed E-state index contributed by atoms with van der Waals surface area (Å²) in [5, 5.41) is 3.38. The predicted molar refractivity (Wildman–Crippen MR) is 80.1 cm³/mol. The van der Waals surface area contributed by atoms with Gasteiger partial charge < -0.3 is 4.90 Å². The highest BCUT2D eigenvalue weighted by Gasteiger charge is 2.38. The van der Waals surface area contributed by atoms with E-state index in [0.29, 0.717) is 12.6 Å². The minimum absolute atomic E-state index is 0.0734. The summed E-state index contributed by atoms with van der Waals surface area (Å²) in [6.45, 7) is 2.75. The van der Waals surface area contributed by atoms with Crippen molar-refractivity contribution in [2.24, 2.45) is 5.92 Å². The molecule has 0 bridgehead atoms. The average molecular weight is 272 g/mol. The zero-order chi connectivity index (χ0) is 13.9. The molecule has 0 aromatic heterocycles. The normalized spacial score (nSPS) is 30.8. The number of hydrogen-bond donors (Lipinski definition) is 1. The molecule has 1 heterocycles. The number of nitrogens with one attached hydrogen (secondary N) is 1. The molecule has 1 N–H and O–H groups in total. The molecule has 3 heteroatoms. The molecule has 0 radical (unpaired) electrons. The fourth-order valence-electron chi connectivity index (χ4n) is 3.73. The molecule has 108 valence electrons. The van der Waals surface area contributed by atoms with Gasteiger partial charge in [-0.15, -0.1) is 0 Å². The summed E-state index contributed by atoms with van der Waals surface area (Å²) in [5.41, 5.74) is 1.21. The van der Waals surface area contributed by atoms with Crippen LogP contribution in [0.25, 0.3) is 0 Å². The minimum Gasteiger partial charge on any atom is -0.319 e. The van der Waals surface area contributed by atoms with Crippen molar-refractivity contribution < 1.29 is 4.79 Å². The third kappa shape index (κ3) is 2.59. The van der Waals surface area contributed by atoms with E-state index in [1.807, 2.05) is 18.2 Å². The fraction of sp³-hybridized carbons (Fsp3) is 0.588. The second-order valence-corrected chi connectivity index (χ2v) is 6.09. The first-order valence-electron chi connectivity index (χ1n) is 7.89. The summed E-state index contributed by atoms with van der Waals surface area (Å²) in [7, 11) is 0. The van der Waals surface area contributed by atoms with Crippen molar-refractivity contribution >= 4 is 5.91 Å². The number of hydrogen-bond acceptors (Lipinski definition) is 2. The Kier molecular flexibility index (Phi) is 4.06. The SMILES string of the molecule is CCC1CCCC(N2C(=O)CNC2c2ccccc2)C1. The zero-order valence-electron chi connectivity index (χ0n) is 12.2. The largest absolute Gasteiger partial charge is 0.319 e. The molecule has 1 saturated carbocycles. The second-order valence-electron chi connectivity index (χ2n) is 6.09. The molecule has 1 aromatic carbocycles. The molecule has 3 atom stereocenters. The maximum Gasteiger partial charge on any atom is 0.238 e. The van der Waals surface area contributed by atoms with Gasteiger partial charge in [-0.3, -0.25) is 10.1 Å². The molecular formula is C17H24N2O. The van der Waals surface area contributed by atoms with Crippen molar-refractivity contribution in [3.05, 3.63) is 35.9 Å². The van der Waals surface area contributed by atoms with Gasteiger partial charge in [0.25, 0.3) is 0 Å². The molecule has 0 spiro atoms. The summed E-state index contributed by atoms with van der Waals surface area (Å²) in [5.74, 6) is 1.05. The molecule has 2 fully saturated rings. The van der Waals surface area contributed by atoms with Crippen LogP contribution < -0.4 is 5.32 Å². The number of rotatable bonds is 3. The van der Waals surface area contributed by atoms with Gasteiger partial charge in [0.15, 0.2) is 0 Å². The molecular weight excluding hydrogens is 248 g/mol. The molecule has 3 nitrogen and oxygen atoms in total. The third-order valence-electron chi connectivity index (χ3n) is 4.85. The van der Waals surface area contributed by atoms with E-state index in [2.05, 4.69) is 29.3 Å². The van der Waals surface area contributed by atoms with E-state index in [-0.39, 0.29) is 12.1 Å². The third-order valence-corrected chi connectivity index (χ3v) is 4.85. The van der Waals surface area contributed by atoms with Gasteiger partial charge in [-0.2, -0.15) is 0 Å². The quantitative estimate of drug-likeness (QED) is 0.917. The summed E-state index contributed by atoms with van der Waals surface area (Å²) in [6, 6.07) is 10.8. The van der Waals surface area contributed by atoms with Gasteiger partial charge in [-0.25, -0.2) is 0 Å². The van der Waals surface area contributed by atoms with Crippen LogP contribution in [0.3, 0.4) is 0 Å². The van der Waals surface area contributed by atoms with Crippen molar-refractivity contribution in [3.63, 3.8) is 0 Å².